The number of hydrogen-bond donors (Lipinski definition) is 1. The van der Waals surface area contributed by atoms with E-state index in [1.54, 1.807) is 0 Å². The molecule has 7 heteroatoms. The lowest BCUT2D eigenvalue weighted by atomic mass is 9.75. The van der Waals surface area contributed by atoms with E-state index in [4.69, 9.17) is 9.47 Å². The number of nitrogens with zero attached hydrogens (tertiary/aromatic N) is 1. The molecule has 3 aliphatic rings. The van der Waals surface area contributed by atoms with Crippen LogP contribution in [0.5, 0.6) is 11.5 Å². The predicted molar refractivity (Wildman–Crippen MR) is 168 cm³/mol. The highest BCUT2D eigenvalue weighted by molar-refractivity contribution is 5.46. The van der Waals surface area contributed by atoms with Crippen molar-refractivity contribution >= 4 is 0 Å². The van der Waals surface area contributed by atoms with Crippen LogP contribution in [0.4, 0.5) is 13.2 Å². The molecular weight excluding hydrogens is 561 g/mol. The Bertz CT molecular complexity index is 1390. The predicted octanol–water partition coefficient (Wildman–Crippen LogP) is 8.32. The van der Waals surface area contributed by atoms with Crippen LogP contribution >= 0.6 is 0 Å². The molecule has 6 rings (SSSR count). The first-order valence-electron chi connectivity index (χ1n) is 16.3. The van der Waals surface area contributed by atoms with E-state index in [0.29, 0.717) is 30.7 Å². The molecule has 4 nitrogen and oxygen atoms in total. The Hall–Kier alpha value is -3.03. The SMILES string of the molecule is CC(C)(F)CN1CCc2cc(OCc3ccccc3)ccc2C1c1c(F)cc(OC2CCCC3(CCCNC3)CC2)cc1F. The first kappa shape index (κ1) is 31.0. The summed E-state index contributed by atoms with van der Waals surface area (Å²) < 4.78 is 59.3. The van der Waals surface area contributed by atoms with Gasteiger partial charge in [-0.25, -0.2) is 13.2 Å². The maximum absolute atomic E-state index is 16.0. The number of ether oxygens (including phenoxy) is 2. The van der Waals surface area contributed by atoms with Gasteiger partial charge in [0.2, 0.25) is 0 Å². The van der Waals surface area contributed by atoms with Gasteiger partial charge in [-0.15, -0.1) is 0 Å². The molecule has 1 saturated heterocycles. The summed E-state index contributed by atoms with van der Waals surface area (Å²) in [5.74, 6) is -0.398. The van der Waals surface area contributed by atoms with Crippen molar-refractivity contribution in [3.05, 3.63) is 94.6 Å². The molecule has 2 heterocycles. The Morgan fingerprint density at radius 3 is 2.43 bits per heavy atom. The third-order valence-corrected chi connectivity index (χ3v) is 9.69. The standard InChI is InChI=1S/C37H45F3N2O2/c1-36(2,40)25-42-19-14-27-20-29(43-23-26-8-4-3-5-9-26)11-12-31(27)35(42)34-32(38)21-30(22-33(34)39)44-28-10-6-15-37(17-13-28)16-7-18-41-24-37/h3-5,8-9,11-12,20-22,28,35,41H,6-7,10,13-19,23-25H2,1-2H3. The monoisotopic (exact) mass is 606 g/mol. The smallest absolute Gasteiger partial charge is 0.134 e. The van der Waals surface area contributed by atoms with Crippen LogP contribution in [0.15, 0.2) is 60.7 Å². The van der Waals surface area contributed by atoms with Gasteiger partial charge in [0.05, 0.1) is 12.1 Å². The van der Waals surface area contributed by atoms with Gasteiger partial charge < -0.3 is 14.8 Å². The summed E-state index contributed by atoms with van der Waals surface area (Å²) in [6.45, 7) is 6.10. The molecule has 3 atom stereocenters. The summed E-state index contributed by atoms with van der Waals surface area (Å²) in [4.78, 5) is 1.86. The van der Waals surface area contributed by atoms with E-state index >= 15 is 8.78 Å². The van der Waals surface area contributed by atoms with Crippen molar-refractivity contribution in [2.24, 2.45) is 5.41 Å². The number of piperidine rings is 1. The van der Waals surface area contributed by atoms with Crippen LogP contribution in [-0.2, 0) is 13.0 Å². The molecule has 0 amide bonds. The van der Waals surface area contributed by atoms with E-state index in [1.165, 1.54) is 45.2 Å². The van der Waals surface area contributed by atoms with Crippen molar-refractivity contribution in [2.45, 2.75) is 89.6 Å². The average Bonchev–Trinajstić information content (AvgIpc) is 3.18. The number of rotatable bonds is 8. The third-order valence-electron chi connectivity index (χ3n) is 9.69. The lowest BCUT2D eigenvalue weighted by Crippen LogP contribution is -2.43. The molecular formula is C37H45F3N2O2. The first-order chi connectivity index (χ1) is 21.2. The molecule has 0 aromatic heterocycles. The van der Waals surface area contributed by atoms with Gasteiger partial charge in [-0.3, -0.25) is 4.90 Å². The maximum atomic E-state index is 16.0. The molecule has 2 fully saturated rings. The second kappa shape index (κ2) is 13.1. The summed E-state index contributed by atoms with van der Waals surface area (Å²) in [5, 5.41) is 3.56. The van der Waals surface area contributed by atoms with Crippen molar-refractivity contribution in [1.82, 2.24) is 10.2 Å². The van der Waals surface area contributed by atoms with Crippen molar-refractivity contribution in [3.8, 4) is 11.5 Å². The average molecular weight is 607 g/mol. The molecule has 1 N–H and O–H groups in total. The normalized spacial score (nSPS) is 24.5. The second-order valence-electron chi connectivity index (χ2n) is 13.7. The summed E-state index contributed by atoms with van der Waals surface area (Å²) in [6, 6.07) is 17.5. The number of hydrogen-bond acceptors (Lipinski definition) is 4. The molecule has 1 aliphatic carbocycles. The number of benzene rings is 3. The van der Waals surface area contributed by atoms with E-state index in [9.17, 15) is 4.39 Å². The van der Waals surface area contributed by atoms with Gasteiger partial charge in [-0.2, -0.15) is 0 Å². The highest BCUT2D eigenvalue weighted by Crippen LogP contribution is 2.43. The van der Waals surface area contributed by atoms with Crippen LogP contribution in [-0.4, -0.2) is 42.9 Å². The van der Waals surface area contributed by atoms with Gasteiger partial charge in [-0.1, -0.05) is 36.4 Å². The van der Waals surface area contributed by atoms with Crippen LogP contribution in [0, 0.1) is 17.0 Å². The minimum Gasteiger partial charge on any atom is -0.490 e. The van der Waals surface area contributed by atoms with Crippen molar-refractivity contribution in [1.29, 1.82) is 0 Å². The Morgan fingerprint density at radius 2 is 1.70 bits per heavy atom. The second-order valence-corrected chi connectivity index (χ2v) is 13.7. The third kappa shape index (κ3) is 7.26. The van der Waals surface area contributed by atoms with Crippen molar-refractivity contribution in [3.63, 3.8) is 0 Å². The summed E-state index contributed by atoms with van der Waals surface area (Å²) in [6.07, 6.45) is 8.07. The van der Waals surface area contributed by atoms with E-state index in [-0.39, 0.29) is 24.0 Å². The van der Waals surface area contributed by atoms with Crippen LogP contribution in [0.25, 0.3) is 0 Å². The highest BCUT2D eigenvalue weighted by atomic mass is 19.1. The number of halogens is 3. The zero-order valence-corrected chi connectivity index (χ0v) is 26.0. The fourth-order valence-electron chi connectivity index (χ4n) is 7.58. The van der Waals surface area contributed by atoms with E-state index in [1.807, 2.05) is 53.4 Å². The lowest BCUT2D eigenvalue weighted by molar-refractivity contribution is 0.0970. The summed E-state index contributed by atoms with van der Waals surface area (Å²) in [5.41, 5.74) is 1.51. The zero-order chi connectivity index (χ0) is 30.7. The van der Waals surface area contributed by atoms with Crippen LogP contribution in [0.3, 0.4) is 0 Å². The largest absolute Gasteiger partial charge is 0.490 e. The molecule has 44 heavy (non-hydrogen) atoms. The number of alkyl halides is 1. The van der Waals surface area contributed by atoms with E-state index in [2.05, 4.69) is 5.32 Å². The first-order valence-corrected chi connectivity index (χ1v) is 16.3. The molecule has 3 unspecified atom stereocenters. The molecule has 1 saturated carbocycles. The van der Waals surface area contributed by atoms with Crippen LogP contribution in [0.1, 0.15) is 87.1 Å². The van der Waals surface area contributed by atoms with Gasteiger partial charge >= 0.3 is 0 Å². The fraction of sp³-hybridized carbons (Fsp3) is 0.514. The van der Waals surface area contributed by atoms with E-state index < -0.39 is 23.3 Å². The fourth-order valence-corrected chi connectivity index (χ4v) is 7.58. The van der Waals surface area contributed by atoms with Gasteiger partial charge in [0.1, 0.15) is 35.4 Å². The molecule has 3 aromatic rings. The molecule has 0 radical (unpaired) electrons. The van der Waals surface area contributed by atoms with Crippen LogP contribution < -0.4 is 14.8 Å². The minimum atomic E-state index is -1.53. The van der Waals surface area contributed by atoms with Gasteiger partial charge in [0, 0.05) is 37.3 Å². The summed E-state index contributed by atoms with van der Waals surface area (Å²) in [7, 11) is 0. The molecule has 2 aliphatic heterocycles. The van der Waals surface area contributed by atoms with Gasteiger partial charge in [0.25, 0.3) is 0 Å². The molecule has 0 bridgehead atoms. The minimum absolute atomic E-state index is 0.0547. The maximum Gasteiger partial charge on any atom is 0.134 e. The Labute approximate surface area is 259 Å². The number of nitrogens with one attached hydrogen (secondary N) is 1. The van der Waals surface area contributed by atoms with Crippen molar-refractivity contribution in [2.75, 3.05) is 26.2 Å². The van der Waals surface area contributed by atoms with Crippen molar-refractivity contribution < 1.29 is 22.6 Å². The van der Waals surface area contributed by atoms with Crippen LogP contribution in [0.2, 0.25) is 0 Å². The lowest BCUT2D eigenvalue weighted by Gasteiger charge is -2.40. The van der Waals surface area contributed by atoms with E-state index in [0.717, 1.165) is 55.5 Å². The quantitative estimate of drug-likeness (QED) is 0.280. The molecule has 236 valence electrons. The van der Waals surface area contributed by atoms with Gasteiger partial charge in [-0.05, 0) is 106 Å². The topological polar surface area (TPSA) is 33.7 Å². The van der Waals surface area contributed by atoms with Gasteiger partial charge in [0.15, 0.2) is 0 Å². The Kier molecular flexibility index (Phi) is 9.25. The zero-order valence-electron chi connectivity index (χ0n) is 26.0. The Morgan fingerprint density at radius 1 is 0.932 bits per heavy atom. The summed E-state index contributed by atoms with van der Waals surface area (Å²) >= 11 is 0. The Balaban J connectivity index is 1.24. The molecule has 3 aromatic carbocycles. The number of fused-ring (bicyclic) bond motifs is 1. The molecule has 1 spiro atoms. The highest BCUT2D eigenvalue weighted by Gasteiger charge is 2.37.